The van der Waals surface area contributed by atoms with Crippen molar-refractivity contribution in [3.63, 3.8) is 0 Å². The molecule has 0 aliphatic carbocycles. The zero-order valence-electron chi connectivity index (χ0n) is 18.4. The van der Waals surface area contributed by atoms with Gasteiger partial charge in [-0.2, -0.15) is 0 Å². The fraction of sp³-hybridized carbons (Fsp3) is 0.360. The predicted molar refractivity (Wildman–Crippen MR) is 117 cm³/mol. The Morgan fingerprint density at radius 1 is 1.16 bits per heavy atom. The van der Waals surface area contributed by atoms with Gasteiger partial charge < -0.3 is 24.8 Å². The second kappa shape index (κ2) is 7.38. The van der Waals surface area contributed by atoms with Gasteiger partial charge in [0.15, 0.2) is 5.60 Å². The van der Waals surface area contributed by atoms with E-state index in [1.54, 1.807) is 43.3 Å². The van der Waals surface area contributed by atoms with Crippen LogP contribution in [-0.4, -0.2) is 44.4 Å². The Balaban J connectivity index is 2.07. The van der Waals surface area contributed by atoms with E-state index >= 15 is 0 Å². The number of aliphatic carboxylic acids is 1. The average Bonchev–Trinajstić information content (AvgIpc) is 2.71. The number of phenols is 1. The van der Waals surface area contributed by atoms with E-state index < -0.39 is 40.7 Å². The largest absolute Gasteiger partial charge is 0.507 e. The van der Waals surface area contributed by atoms with Crippen LogP contribution in [0.1, 0.15) is 67.1 Å². The lowest BCUT2D eigenvalue weighted by molar-refractivity contribution is -0.137. The van der Waals surface area contributed by atoms with Crippen molar-refractivity contribution in [1.29, 1.82) is 0 Å². The van der Waals surface area contributed by atoms with E-state index in [0.29, 0.717) is 11.1 Å². The summed E-state index contributed by atoms with van der Waals surface area (Å²) in [6.45, 7) is 6.58. The standard InChI is InChI=1S/C25H26O7/c1-13-25(4,30)23(29)19-20(28)18(16(12-17(26)27)14-8-6-5-7-9-14)22-15(21(19)31-13)10-11-24(2,3)32-22/h5-11,13,16,28,30H,12H2,1-4H3,(H,26,27)/t13-,16-,25-/m0/s1. The van der Waals surface area contributed by atoms with Crippen molar-refractivity contribution < 1.29 is 34.4 Å². The first-order valence-corrected chi connectivity index (χ1v) is 10.5. The fourth-order valence-electron chi connectivity index (χ4n) is 4.21. The van der Waals surface area contributed by atoms with Crippen LogP contribution in [0.2, 0.25) is 0 Å². The van der Waals surface area contributed by atoms with Crippen LogP contribution in [0.3, 0.4) is 0 Å². The van der Waals surface area contributed by atoms with Gasteiger partial charge >= 0.3 is 5.97 Å². The molecule has 0 fully saturated rings. The summed E-state index contributed by atoms with van der Waals surface area (Å²) in [6.07, 6.45) is 2.36. The molecule has 0 aromatic heterocycles. The van der Waals surface area contributed by atoms with E-state index in [-0.39, 0.29) is 29.0 Å². The molecule has 0 bridgehead atoms. The molecule has 3 atom stereocenters. The summed E-state index contributed by atoms with van der Waals surface area (Å²) in [6, 6.07) is 8.88. The molecule has 2 aliphatic heterocycles. The highest BCUT2D eigenvalue weighted by Crippen LogP contribution is 2.54. The number of hydrogen-bond acceptors (Lipinski definition) is 6. The minimum Gasteiger partial charge on any atom is -0.507 e. The number of aliphatic hydroxyl groups is 1. The normalized spacial score (nSPS) is 24.0. The number of phenolic OH excluding ortho intramolecular Hbond substituents is 1. The fourth-order valence-corrected chi connectivity index (χ4v) is 4.21. The first-order valence-electron chi connectivity index (χ1n) is 10.5. The summed E-state index contributed by atoms with van der Waals surface area (Å²) in [7, 11) is 0. The number of carboxylic acids is 1. The van der Waals surface area contributed by atoms with Crippen molar-refractivity contribution in [2.45, 2.75) is 57.3 Å². The Morgan fingerprint density at radius 3 is 2.44 bits per heavy atom. The number of rotatable bonds is 4. The molecule has 2 aromatic rings. The van der Waals surface area contributed by atoms with Gasteiger partial charge in [-0.25, -0.2) is 0 Å². The molecule has 0 saturated carbocycles. The lowest BCUT2D eigenvalue weighted by Crippen LogP contribution is -2.51. The number of fused-ring (bicyclic) bond motifs is 3. The van der Waals surface area contributed by atoms with Crippen LogP contribution in [0.4, 0.5) is 0 Å². The molecule has 0 amide bonds. The van der Waals surface area contributed by atoms with Crippen molar-refractivity contribution in [3.05, 3.63) is 58.7 Å². The third kappa shape index (κ3) is 3.42. The molecule has 32 heavy (non-hydrogen) atoms. The molecule has 3 N–H and O–H groups in total. The lowest BCUT2D eigenvalue weighted by atomic mass is 9.79. The van der Waals surface area contributed by atoms with Crippen LogP contribution in [0.25, 0.3) is 6.08 Å². The molecular formula is C25H26O7. The molecule has 0 unspecified atom stereocenters. The maximum Gasteiger partial charge on any atom is 0.304 e. The van der Waals surface area contributed by atoms with E-state index in [0.717, 1.165) is 0 Å². The van der Waals surface area contributed by atoms with Crippen LogP contribution >= 0.6 is 0 Å². The minimum atomic E-state index is -1.86. The zero-order chi connectivity index (χ0) is 23.4. The summed E-state index contributed by atoms with van der Waals surface area (Å²) < 4.78 is 12.1. The van der Waals surface area contributed by atoms with Gasteiger partial charge in [-0.15, -0.1) is 0 Å². The first-order chi connectivity index (χ1) is 14.9. The third-order valence-electron chi connectivity index (χ3n) is 6.17. The Hall–Kier alpha value is -3.32. The molecule has 0 radical (unpaired) electrons. The van der Waals surface area contributed by atoms with Crippen molar-refractivity contribution in [3.8, 4) is 17.2 Å². The van der Waals surface area contributed by atoms with E-state index in [4.69, 9.17) is 9.47 Å². The van der Waals surface area contributed by atoms with Gasteiger partial charge in [0, 0.05) is 11.5 Å². The van der Waals surface area contributed by atoms with Crippen molar-refractivity contribution in [1.82, 2.24) is 0 Å². The molecule has 0 spiro atoms. The quantitative estimate of drug-likeness (QED) is 0.663. The van der Waals surface area contributed by atoms with E-state index in [1.807, 2.05) is 19.9 Å². The minimum absolute atomic E-state index is 0.124. The number of carbonyl (C=O) groups is 2. The van der Waals surface area contributed by atoms with E-state index in [2.05, 4.69) is 0 Å². The summed E-state index contributed by atoms with van der Waals surface area (Å²) in [5.74, 6) is -2.60. The molecule has 168 valence electrons. The molecule has 0 saturated heterocycles. The summed E-state index contributed by atoms with van der Waals surface area (Å²) in [4.78, 5) is 25.0. The number of ether oxygens (including phenoxy) is 2. The van der Waals surface area contributed by atoms with Gasteiger partial charge in [-0.1, -0.05) is 30.3 Å². The zero-order valence-corrected chi connectivity index (χ0v) is 18.4. The Bertz CT molecular complexity index is 1130. The predicted octanol–water partition coefficient (Wildman–Crippen LogP) is 3.90. The van der Waals surface area contributed by atoms with Gasteiger partial charge in [0.25, 0.3) is 0 Å². The van der Waals surface area contributed by atoms with Gasteiger partial charge in [-0.05, 0) is 45.4 Å². The number of ketones is 1. The summed E-state index contributed by atoms with van der Waals surface area (Å²) >= 11 is 0. The summed E-state index contributed by atoms with van der Waals surface area (Å²) in [5, 5.41) is 31.8. The Morgan fingerprint density at radius 2 is 1.81 bits per heavy atom. The van der Waals surface area contributed by atoms with Crippen LogP contribution in [0, 0.1) is 0 Å². The highest BCUT2D eigenvalue weighted by atomic mass is 16.5. The third-order valence-corrected chi connectivity index (χ3v) is 6.17. The number of benzene rings is 2. The number of carbonyl (C=O) groups excluding carboxylic acids is 1. The number of aromatic hydroxyl groups is 1. The Labute approximate surface area is 185 Å². The smallest absolute Gasteiger partial charge is 0.304 e. The van der Waals surface area contributed by atoms with Gasteiger partial charge in [0.05, 0.1) is 12.0 Å². The molecular weight excluding hydrogens is 412 g/mol. The molecule has 7 nitrogen and oxygen atoms in total. The maximum absolute atomic E-state index is 13.2. The Kier molecular flexibility index (Phi) is 5.05. The number of Topliss-reactive ketones (excluding diaryl/α,β-unsaturated/α-hetero) is 1. The average molecular weight is 438 g/mol. The molecule has 2 heterocycles. The second-order valence-electron chi connectivity index (χ2n) is 9.05. The van der Waals surface area contributed by atoms with E-state index in [9.17, 15) is 24.9 Å². The molecule has 2 aromatic carbocycles. The second-order valence-corrected chi connectivity index (χ2v) is 9.05. The first kappa shape index (κ1) is 21.9. The topological polar surface area (TPSA) is 113 Å². The molecule has 4 rings (SSSR count). The van der Waals surface area contributed by atoms with Crippen molar-refractivity contribution in [2.75, 3.05) is 0 Å². The van der Waals surface area contributed by atoms with Crippen molar-refractivity contribution in [2.24, 2.45) is 0 Å². The van der Waals surface area contributed by atoms with Gasteiger partial charge in [-0.3, -0.25) is 9.59 Å². The number of carboxylic acid groups (broad SMARTS) is 1. The maximum atomic E-state index is 13.2. The van der Waals surface area contributed by atoms with Crippen LogP contribution in [0.15, 0.2) is 36.4 Å². The van der Waals surface area contributed by atoms with Crippen LogP contribution in [-0.2, 0) is 4.79 Å². The SMILES string of the molecule is C[C@@H]1Oc2c3c(c([C@@H](CC(=O)O)c4ccccc4)c(O)c2C(=O)[C@@]1(C)O)OC(C)(C)C=C3. The van der Waals surface area contributed by atoms with Gasteiger partial charge in [0.2, 0.25) is 5.78 Å². The highest BCUT2D eigenvalue weighted by molar-refractivity contribution is 6.09. The van der Waals surface area contributed by atoms with Gasteiger partial charge in [0.1, 0.15) is 34.5 Å². The monoisotopic (exact) mass is 438 g/mol. The lowest BCUT2D eigenvalue weighted by Gasteiger charge is -2.39. The van der Waals surface area contributed by atoms with Crippen LogP contribution < -0.4 is 9.47 Å². The molecule has 2 aliphatic rings. The molecule has 7 heteroatoms. The van der Waals surface area contributed by atoms with E-state index in [1.165, 1.54) is 6.92 Å². The summed E-state index contributed by atoms with van der Waals surface area (Å²) in [5.41, 5.74) is -1.48. The number of hydrogen-bond donors (Lipinski definition) is 3. The van der Waals surface area contributed by atoms with Crippen LogP contribution in [0.5, 0.6) is 17.2 Å². The van der Waals surface area contributed by atoms with Crippen molar-refractivity contribution >= 4 is 17.8 Å². The highest BCUT2D eigenvalue weighted by Gasteiger charge is 2.49.